The Kier molecular flexibility index (Phi) is 6.34. The fourth-order valence-corrected chi connectivity index (χ4v) is 1.60. The van der Waals surface area contributed by atoms with E-state index in [1.165, 1.54) is 0 Å². The second kappa shape index (κ2) is 7.78. The van der Waals surface area contributed by atoms with E-state index >= 15 is 0 Å². The number of rotatable bonds is 8. The standard InChI is InChI=1S/C15H22N2O2/c1-15(2,18)12-17-11-13-6-5-7-14(10-13)19-9-4-3-8-16/h5-7,10,17-18H,3-4,9,11-12H2,1-2H3. The topological polar surface area (TPSA) is 65.3 Å². The predicted molar refractivity (Wildman–Crippen MR) is 74.8 cm³/mol. The SMILES string of the molecule is CC(C)(O)CNCc1cccc(OCCCC#N)c1. The molecular formula is C15H22N2O2. The Hall–Kier alpha value is -1.57. The summed E-state index contributed by atoms with van der Waals surface area (Å²) in [5.74, 6) is 0.820. The lowest BCUT2D eigenvalue weighted by Crippen LogP contribution is -2.34. The van der Waals surface area contributed by atoms with Gasteiger partial charge in [0.1, 0.15) is 5.75 Å². The van der Waals surface area contributed by atoms with Crippen LogP contribution in [0.4, 0.5) is 0 Å². The molecule has 0 aliphatic rings. The minimum atomic E-state index is -0.703. The van der Waals surface area contributed by atoms with Gasteiger partial charge in [-0.15, -0.1) is 0 Å². The third-order valence-corrected chi connectivity index (χ3v) is 2.49. The van der Waals surface area contributed by atoms with Crippen LogP contribution in [0.5, 0.6) is 5.75 Å². The number of benzene rings is 1. The van der Waals surface area contributed by atoms with Crippen molar-refractivity contribution in [3.05, 3.63) is 29.8 Å². The summed E-state index contributed by atoms with van der Waals surface area (Å²) in [7, 11) is 0. The highest BCUT2D eigenvalue weighted by molar-refractivity contribution is 5.28. The number of nitrogens with zero attached hydrogens (tertiary/aromatic N) is 1. The Bertz CT molecular complexity index is 419. The van der Waals surface area contributed by atoms with E-state index in [-0.39, 0.29) is 0 Å². The summed E-state index contributed by atoms with van der Waals surface area (Å²) in [5, 5.41) is 21.2. The van der Waals surface area contributed by atoms with Gasteiger partial charge in [0, 0.05) is 19.5 Å². The zero-order valence-corrected chi connectivity index (χ0v) is 11.6. The Morgan fingerprint density at radius 2 is 2.21 bits per heavy atom. The number of nitrogens with one attached hydrogen (secondary N) is 1. The molecule has 0 unspecified atom stereocenters. The fourth-order valence-electron chi connectivity index (χ4n) is 1.60. The van der Waals surface area contributed by atoms with Crippen molar-refractivity contribution in [2.75, 3.05) is 13.2 Å². The predicted octanol–water partition coefficient (Wildman–Crippen LogP) is 2.23. The van der Waals surface area contributed by atoms with Crippen LogP contribution in [0, 0.1) is 11.3 Å². The van der Waals surface area contributed by atoms with Gasteiger partial charge >= 0.3 is 0 Å². The molecule has 0 heterocycles. The normalized spacial score (nSPS) is 11.1. The van der Waals surface area contributed by atoms with Gasteiger partial charge in [-0.05, 0) is 38.0 Å². The first kappa shape index (κ1) is 15.5. The van der Waals surface area contributed by atoms with Crippen molar-refractivity contribution in [2.45, 2.75) is 38.8 Å². The summed E-state index contributed by atoms with van der Waals surface area (Å²) >= 11 is 0. The average Bonchev–Trinajstić information content (AvgIpc) is 2.34. The molecule has 4 nitrogen and oxygen atoms in total. The van der Waals surface area contributed by atoms with Crippen molar-refractivity contribution in [2.24, 2.45) is 0 Å². The quantitative estimate of drug-likeness (QED) is 0.705. The third kappa shape index (κ3) is 7.45. The molecule has 0 amide bonds. The molecule has 0 aliphatic carbocycles. The minimum absolute atomic E-state index is 0.521. The van der Waals surface area contributed by atoms with Crippen LogP contribution in [-0.2, 0) is 6.54 Å². The van der Waals surface area contributed by atoms with Crippen LogP contribution in [0.3, 0.4) is 0 Å². The molecule has 0 aliphatic heterocycles. The Morgan fingerprint density at radius 3 is 2.89 bits per heavy atom. The van der Waals surface area contributed by atoms with E-state index in [4.69, 9.17) is 10.00 Å². The average molecular weight is 262 g/mol. The molecule has 19 heavy (non-hydrogen) atoms. The molecule has 0 bridgehead atoms. The molecule has 1 aromatic rings. The molecule has 104 valence electrons. The molecule has 0 saturated heterocycles. The highest BCUT2D eigenvalue weighted by Crippen LogP contribution is 2.14. The summed E-state index contributed by atoms with van der Waals surface area (Å²) in [6, 6.07) is 9.94. The lowest BCUT2D eigenvalue weighted by molar-refractivity contribution is 0.0795. The maximum absolute atomic E-state index is 9.60. The summed E-state index contributed by atoms with van der Waals surface area (Å²) in [6.07, 6.45) is 1.27. The molecule has 4 heteroatoms. The Labute approximate surface area is 115 Å². The molecule has 0 atom stereocenters. The van der Waals surface area contributed by atoms with Gasteiger partial charge in [-0.1, -0.05) is 12.1 Å². The van der Waals surface area contributed by atoms with Crippen LogP contribution in [-0.4, -0.2) is 23.9 Å². The molecule has 2 N–H and O–H groups in total. The van der Waals surface area contributed by atoms with Crippen molar-refractivity contribution in [3.63, 3.8) is 0 Å². The van der Waals surface area contributed by atoms with Crippen molar-refractivity contribution in [1.82, 2.24) is 5.32 Å². The molecular weight excluding hydrogens is 240 g/mol. The summed E-state index contributed by atoms with van der Waals surface area (Å²) in [6.45, 7) is 5.34. The summed E-state index contributed by atoms with van der Waals surface area (Å²) in [5.41, 5.74) is 0.410. The molecule has 1 rings (SSSR count). The number of ether oxygens (including phenoxy) is 1. The molecule has 0 fully saturated rings. The largest absolute Gasteiger partial charge is 0.494 e. The Balaban J connectivity index is 2.37. The molecule has 0 radical (unpaired) electrons. The van der Waals surface area contributed by atoms with Crippen LogP contribution in [0.2, 0.25) is 0 Å². The number of nitriles is 1. The lowest BCUT2D eigenvalue weighted by atomic mass is 10.1. The maximum Gasteiger partial charge on any atom is 0.119 e. The molecule has 0 spiro atoms. The maximum atomic E-state index is 9.60. The van der Waals surface area contributed by atoms with E-state index in [9.17, 15) is 5.11 Å². The second-order valence-corrected chi connectivity index (χ2v) is 5.17. The molecule has 0 aromatic heterocycles. The summed E-state index contributed by atoms with van der Waals surface area (Å²) in [4.78, 5) is 0. The molecule has 0 saturated carbocycles. The smallest absolute Gasteiger partial charge is 0.119 e. The first-order chi connectivity index (χ1) is 9.01. The summed E-state index contributed by atoms with van der Waals surface area (Å²) < 4.78 is 5.57. The highest BCUT2D eigenvalue weighted by Gasteiger charge is 2.10. The van der Waals surface area contributed by atoms with E-state index in [0.717, 1.165) is 17.7 Å². The lowest BCUT2D eigenvalue weighted by Gasteiger charge is -2.17. The van der Waals surface area contributed by atoms with Crippen LogP contribution >= 0.6 is 0 Å². The zero-order valence-electron chi connectivity index (χ0n) is 11.6. The van der Waals surface area contributed by atoms with E-state index in [0.29, 0.717) is 26.1 Å². The monoisotopic (exact) mass is 262 g/mol. The first-order valence-corrected chi connectivity index (χ1v) is 6.53. The zero-order chi connectivity index (χ0) is 14.1. The number of hydrogen-bond acceptors (Lipinski definition) is 4. The van der Waals surface area contributed by atoms with Crippen LogP contribution < -0.4 is 10.1 Å². The van der Waals surface area contributed by atoms with Gasteiger partial charge in [0.05, 0.1) is 18.3 Å². The van der Waals surface area contributed by atoms with Crippen molar-refractivity contribution in [1.29, 1.82) is 5.26 Å². The van der Waals surface area contributed by atoms with Crippen LogP contribution in [0.25, 0.3) is 0 Å². The third-order valence-electron chi connectivity index (χ3n) is 2.49. The fraction of sp³-hybridized carbons (Fsp3) is 0.533. The first-order valence-electron chi connectivity index (χ1n) is 6.53. The number of aliphatic hydroxyl groups is 1. The van der Waals surface area contributed by atoms with Crippen molar-refractivity contribution < 1.29 is 9.84 Å². The van der Waals surface area contributed by atoms with Crippen LogP contribution in [0.1, 0.15) is 32.3 Å². The van der Waals surface area contributed by atoms with E-state index < -0.39 is 5.60 Å². The van der Waals surface area contributed by atoms with Gasteiger partial charge in [-0.3, -0.25) is 0 Å². The van der Waals surface area contributed by atoms with Gasteiger partial charge in [-0.2, -0.15) is 5.26 Å². The van der Waals surface area contributed by atoms with Crippen molar-refractivity contribution >= 4 is 0 Å². The van der Waals surface area contributed by atoms with Gasteiger partial charge < -0.3 is 15.2 Å². The van der Waals surface area contributed by atoms with E-state index in [1.54, 1.807) is 13.8 Å². The van der Waals surface area contributed by atoms with Crippen LogP contribution in [0.15, 0.2) is 24.3 Å². The van der Waals surface area contributed by atoms with Gasteiger partial charge in [-0.25, -0.2) is 0 Å². The van der Waals surface area contributed by atoms with E-state index in [2.05, 4.69) is 11.4 Å². The molecule has 1 aromatic carbocycles. The van der Waals surface area contributed by atoms with Gasteiger partial charge in [0.15, 0.2) is 0 Å². The van der Waals surface area contributed by atoms with Crippen molar-refractivity contribution in [3.8, 4) is 11.8 Å². The van der Waals surface area contributed by atoms with E-state index in [1.807, 2.05) is 24.3 Å². The van der Waals surface area contributed by atoms with Gasteiger partial charge in [0.25, 0.3) is 0 Å². The number of hydrogen-bond donors (Lipinski definition) is 2. The Morgan fingerprint density at radius 1 is 1.42 bits per heavy atom. The minimum Gasteiger partial charge on any atom is -0.494 e. The highest BCUT2D eigenvalue weighted by atomic mass is 16.5. The van der Waals surface area contributed by atoms with Gasteiger partial charge in [0.2, 0.25) is 0 Å². The second-order valence-electron chi connectivity index (χ2n) is 5.17. The number of unbranched alkanes of at least 4 members (excludes halogenated alkanes) is 1.